The molecule has 0 bridgehead atoms. The fourth-order valence-electron chi connectivity index (χ4n) is 2.36. The van der Waals surface area contributed by atoms with E-state index in [2.05, 4.69) is 15.5 Å². The van der Waals surface area contributed by atoms with Crippen molar-refractivity contribution >= 4 is 17.2 Å². The number of aromatic nitrogens is 2. The Balaban J connectivity index is 1.53. The van der Waals surface area contributed by atoms with Crippen molar-refractivity contribution in [2.45, 2.75) is 25.8 Å². The van der Waals surface area contributed by atoms with Crippen molar-refractivity contribution in [3.05, 3.63) is 52.5 Å². The van der Waals surface area contributed by atoms with Crippen molar-refractivity contribution in [3.8, 4) is 17.1 Å². The normalized spacial score (nSPS) is 11.9. The summed E-state index contributed by atoms with van der Waals surface area (Å²) in [4.78, 5) is 17.5. The molecule has 0 saturated carbocycles. The first-order valence-corrected chi connectivity index (χ1v) is 8.83. The maximum absolute atomic E-state index is 12.1. The van der Waals surface area contributed by atoms with Gasteiger partial charge in [0.15, 0.2) is 0 Å². The number of carbonyl (C=O) groups is 1. The molecule has 3 rings (SSSR count). The van der Waals surface area contributed by atoms with Gasteiger partial charge in [0.1, 0.15) is 5.75 Å². The van der Waals surface area contributed by atoms with Gasteiger partial charge in [-0.2, -0.15) is 4.98 Å². The monoisotopic (exact) mass is 357 g/mol. The van der Waals surface area contributed by atoms with E-state index in [9.17, 15) is 4.79 Å². The molecule has 0 spiro atoms. The van der Waals surface area contributed by atoms with Gasteiger partial charge in [-0.25, -0.2) is 0 Å². The lowest BCUT2D eigenvalue weighted by atomic mass is 10.2. The van der Waals surface area contributed by atoms with Gasteiger partial charge in [0.25, 0.3) is 0 Å². The average molecular weight is 357 g/mol. The first-order chi connectivity index (χ1) is 12.2. The predicted octanol–water partition coefficient (Wildman–Crippen LogP) is 3.62. The Morgan fingerprint density at radius 2 is 2.12 bits per heavy atom. The van der Waals surface area contributed by atoms with Crippen molar-refractivity contribution < 1.29 is 14.1 Å². The van der Waals surface area contributed by atoms with E-state index in [4.69, 9.17) is 9.26 Å². The van der Waals surface area contributed by atoms with Gasteiger partial charge in [0, 0.05) is 23.3 Å². The van der Waals surface area contributed by atoms with Crippen molar-refractivity contribution in [1.82, 2.24) is 15.5 Å². The number of benzene rings is 1. The number of amides is 1. The first-order valence-electron chi connectivity index (χ1n) is 7.95. The van der Waals surface area contributed by atoms with E-state index < -0.39 is 0 Å². The van der Waals surface area contributed by atoms with Gasteiger partial charge >= 0.3 is 0 Å². The van der Waals surface area contributed by atoms with Crippen LogP contribution in [0, 0.1) is 0 Å². The topological polar surface area (TPSA) is 77.2 Å². The van der Waals surface area contributed by atoms with Crippen LogP contribution in [0.4, 0.5) is 0 Å². The van der Waals surface area contributed by atoms with Crippen molar-refractivity contribution in [2.24, 2.45) is 0 Å². The molecule has 0 saturated heterocycles. The van der Waals surface area contributed by atoms with Crippen molar-refractivity contribution in [3.63, 3.8) is 0 Å². The van der Waals surface area contributed by atoms with Crippen LogP contribution in [0.1, 0.15) is 30.2 Å². The van der Waals surface area contributed by atoms with E-state index in [1.165, 1.54) is 0 Å². The number of aryl methyl sites for hydroxylation is 1. The van der Waals surface area contributed by atoms with Gasteiger partial charge in [-0.15, -0.1) is 11.3 Å². The summed E-state index contributed by atoms with van der Waals surface area (Å²) in [6, 6.07) is 11.4. The summed E-state index contributed by atoms with van der Waals surface area (Å²) in [6.45, 7) is 1.97. The summed E-state index contributed by atoms with van der Waals surface area (Å²) in [7, 11) is 1.62. The Morgan fingerprint density at radius 1 is 1.32 bits per heavy atom. The molecule has 2 aromatic heterocycles. The Kier molecular flexibility index (Phi) is 5.45. The molecule has 3 aromatic rings. The fourth-order valence-corrected chi connectivity index (χ4v) is 3.09. The van der Waals surface area contributed by atoms with Gasteiger partial charge in [0.2, 0.25) is 17.6 Å². The molecule has 0 unspecified atom stereocenters. The van der Waals surface area contributed by atoms with Gasteiger partial charge < -0.3 is 14.6 Å². The molecule has 0 aliphatic carbocycles. The minimum Gasteiger partial charge on any atom is -0.497 e. The molecule has 2 heterocycles. The third kappa shape index (κ3) is 4.45. The Bertz CT molecular complexity index is 812. The summed E-state index contributed by atoms with van der Waals surface area (Å²) in [5.74, 6) is 1.68. The first kappa shape index (κ1) is 17.2. The lowest BCUT2D eigenvalue weighted by Crippen LogP contribution is -2.26. The Hall–Kier alpha value is -2.67. The number of nitrogens with one attached hydrogen (secondary N) is 1. The summed E-state index contributed by atoms with van der Waals surface area (Å²) in [6.07, 6.45) is 0.714. The number of methoxy groups -OCH3 is 1. The largest absolute Gasteiger partial charge is 0.497 e. The van der Waals surface area contributed by atoms with Crippen LogP contribution in [0.25, 0.3) is 11.4 Å². The number of hydrogen-bond acceptors (Lipinski definition) is 6. The molecule has 0 aliphatic rings. The zero-order valence-corrected chi connectivity index (χ0v) is 14.9. The highest BCUT2D eigenvalue weighted by molar-refractivity contribution is 7.10. The van der Waals surface area contributed by atoms with Gasteiger partial charge in [0.05, 0.1) is 13.2 Å². The minimum absolute atomic E-state index is 0.00467. The van der Waals surface area contributed by atoms with Crippen LogP contribution in [-0.4, -0.2) is 23.2 Å². The predicted molar refractivity (Wildman–Crippen MR) is 95.5 cm³/mol. The van der Waals surface area contributed by atoms with Crippen LogP contribution in [-0.2, 0) is 11.2 Å². The molecule has 25 heavy (non-hydrogen) atoms. The Labute approximate surface area is 149 Å². The molecule has 1 N–H and O–H groups in total. The quantitative estimate of drug-likeness (QED) is 0.699. The second-order valence-corrected chi connectivity index (χ2v) is 6.52. The van der Waals surface area contributed by atoms with Crippen molar-refractivity contribution in [2.75, 3.05) is 7.11 Å². The standard InChI is InChI=1S/C18H19N3O3S/c1-12(15-4-3-11-25-15)19-16(22)9-10-17-20-18(21-24-17)13-5-7-14(23-2)8-6-13/h3-8,11-12H,9-10H2,1-2H3,(H,19,22)/t12-/m1/s1. The number of nitrogens with zero attached hydrogens (tertiary/aromatic N) is 2. The molecule has 1 atom stereocenters. The molecule has 130 valence electrons. The number of hydrogen-bond donors (Lipinski definition) is 1. The molecule has 0 radical (unpaired) electrons. The maximum atomic E-state index is 12.1. The third-order valence-corrected chi connectivity index (χ3v) is 4.78. The molecule has 6 nitrogen and oxygen atoms in total. The van der Waals surface area contributed by atoms with Crippen LogP contribution in [0.3, 0.4) is 0 Å². The van der Waals surface area contributed by atoms with E-state index in [0.29, 0.717) is 24.6 Å². The second-order valence-electron chi connectivity index (χ2n) is 5.54. The van der Waals surface area contributed by atoms with E-state index in [1.54, 1.807) is 18.4 Å². The summed E-state index contributed by atoms with van der Waals surface area (Å²) >= 11 is 1.63. The third-order valence-electron chi connectivity index (χ3n) is 3.73. The SMILES string of the molecule is COc1ccc(-c2noc(CCC(=O)N[C@H](C)c3cccs3)n2)cc1. The van der Waals surface area contributed by atoms with Crippen LogP contribution < -0.4 is 10.1 Å². The molecule has 0 fully saturated rings. The molecule has 7 heteroatoms. The van der Waals surface area contributed by atoms with Gasteiger partial charge in [-0.3, -0.25) is 4.79 Å². The minimum atomic E-state index is -0.0369. The fraction of sp³-hybridized carbons (Fsp3) is 0.278. The summed E-state index contributed by atoms with van der Waals surface area (Å²) in [5.41, 5.74) is 0.839. The zero-order valence-electron chi connectivity index (χ0n) is 14.1. The van der Waals surface area contributed by atoms with Crippen LogP contribution in [0.5, 0.6) is 5.75 Å². The highest BCUT2D eigenvalue weighted by Gasteiger charge is 2.13. The highest BCUT2D eigenvalue weighted by Crippen LogP contribution is 2.20. The smallest absolute Gasteiger partial charge is 0.227 e. The van der Waals surface area contributed by atoms with Gasteiger partial charge in [-0.05, 0) is 42.6 Å². The van der Waals surface area contributed by atoms with E-state index >= 15 is 0 Å². The summed E-state index contributed by atoms with van der Waals surface area (Å²) in [5, 5.41) is 8.93. The molecule has 0 aliphatic heterocycles. The Morgan fingerprint density at radius 3 is 2.80 bits per heavy atom. The number of carbonyl (C=O) groups excluding carboxylic acids is 1. The van der Waals surface area contributed by atoms with E-state index in [-0.39, 0.29) is 11.9 Å². The molecular formula is C18H19N3O3S. The van der Waals surface area contributed by atoms with Crippen molar-refractivity contribution in [1.29, 1.82) is 0 Å². The maximum Gasteiger partial charge on any atom is 0.227 e. The molecule has 1 aromatic carbocycles. The average Bonchev–Trinajstić information content (AvgIpc) is 3.32. The lowest BCUT2D eigenvalue weighted by molar-refractivity contribution is -0.121. The number of rotatable bonds is 7. The van der Waals surface area contributed by atoms with Crippen LogP contribution in [0.15, 0.2) is 46.3 Å². The number of ether oxygens (including phenoxy) is 1. The van der Waals surface area contributed by atoms with Crippen LogP contribution in [0.2, 0.25) is 0 Å². The van der Waals surface area contributed by atoms with E-state index in [1.807, 2.05) is 48.7 Å². The zero-order chi connectivity index (χ0) is 17.6. The number of thiophene rings is 1. The molecule has 1 amide bonds. The molecular weight excluding hydrogens is 338 g/mol. The second kappa shape index (κ2) is 7.94. The lowest BCUT2D eigenvalue weighted by Gasteiger charge is -2.11. The summed E-state index contributed by atoms with van der Waals surface area (Å²) < 4.78 is 10.4. The van der Waals surface area contributed by atoms with Gasteiger partial charge in [-0.1, -0.05) is 11.2 Å². The van der Waals surface area contributed by atoms with E-state index in [0.717, 1.165) is 16.2 Å². The van der Waals surface area contributed by atoms with Crippen LogP contribution >= 0.6 is 11.3 Å². The highest BCUT2D eigenvalue weighted by atomic mass is 32.1.